The van der Waals surface area contributed by atoms with Crippen molar-refractivity contribution >= 4 is 21.7 Å². The number of amides is 1. The number of benzene rings is 3. The lowest BCUT2D eigenvalue weighted by Crippen LogP contribution is -2.42. The van der Waals surface area contributed by atoms with Gasteiger partial charge in [-0.05, 0) is 97.0 Å². The fraction of sp³-hybridized carbons (Fsp3) is 0.444. The molecular formula is C36H47NO6S. The minimum Gasteiger partial charge on any atom is -0.480 e. The number of hydrogen-bond acceptors (Lipinski definition) is 5. The van der Waals surface area contributed by atoms with Gasteiger partial charge in [-0.25, -0.2) is 13.2 Å². The van der Waals surface area contributed by atoms with Crippen LogP contribution < -0.4 is 5.32 Å². The number of aryl methyl sites for hydroxylation is 3. The summed E-state index contributed by atoms with van der Waals surface area (Å²) in [6, 6.07) is 18.3. The number of carbonyl (C=O) groups excluding carboxylic acids is 1. The molecule has 2 N–H and O–H groups in total. The summed E-state index contributed by atoms with van der Waals surface area (Å²) in [5, 5.41) is 12.1. The van der Waals surface area contributed by atoms with Crippen molar-refractivity contribution in [3.05, 3.63) is 94.0 Å². The Labute approximate surface area is 263 Å². The third kappa shape index (κ3) is 10.3. The number of aliphatic carboxylic acids is 1. The van der Waals surface area contributed by atoms with Crippen molar-refractivity contribution < 1.29 is 27.9 Å². The van der Waals surface area contributed by atoms with Crippen molar-refractivity contribution in [1.82, 2.24) is 5.32 Å². The van der Waals surface area contributed by atoms with E-state index in [0.717, 1.165) is 41.4 Å². The molecule has 2 atom stereocenters. The molecule has 0 aliphatic heterocycles. The van der Waals surface area contributed by atoms with Crippen molar-refractivity contribution in [3.8, 4) is 11.1 Å². The Morgan fingerprint density at radius 3 is 2.25 bits per heavy atom. The highest BCUT2D eigenvalue weighted by atomic mass is 32.2. The summed E-state index contributed by atoms with van der Waals surface area (Å²) in [4.78, 5) is 25.1. The van der Waals surface area contributed by atoms with Crippen LogP contribution in [0.2, 0.25) is 0 Å². The summed E-state index contributed by atoms with van der Waals surface area (Å²) in [6.07, 6.45) is 8.06. The summed E-state index contributed by atoms with van der Waals surface area (Å²) in [5.74, 6) is -2.20. The zero-order valence-electron chi connectivity index (χ0n) is 26.7. The van der Waals surface area contributed by atoms with Gasteiger partial charge in [0.05, 0.1) is 18.5 Å². The molecule has 0 radical (unpaired) electrons. The highest BCUT2D eigenvalue weighted by Crippen LogP contribution is 2.30. The van der Waals surface area contributed by atoms with Crippen LogP contribution >= 0.6 is 0 Å². The maximum Gasteiger partial charge on any atom is 0.326 e. The van der Waals surface area contributed by atoms with Crippen molar-refractivity contribution in [1.29, 1.82) is 0 Å². The second-order valence-electron chi connectivity index (χ2n) is 11.7. The van der Waals surface area contributed by atoms with E-state index >= 15 is 0 Å². The Hall–Kier alpha value is -3.49. The smallest absolute Gasteiger partial charge is 0.326 e. The minimum absolute atomic E-state index is 0.108. The molecule has 0 saturated carbocycles. The average Bonchev–Trinajstić information content (AvgIpc) is 3.01. The molecule has 3 aromatic carbocycles. The lowest BCUT2D eigenvalue weighted by Gasteiger charge is -2.20. The molecule has 0 bridgehead atoms. The number of unbranched alkanes of at least 4 members (excludes halogenated alkanes) is 1. The van der Waals surface area contributed by atoms with E-state index in [9.17, 15) is 23.1 Å². The third-order valence-corrected chi connectivity index (χ3v) is 8.96. The molecule has 0 heterocycles. The standard InChI is InChI=1S/C32H37NO6S.C4H10/c1-21-8-4-7-11-27(21)29-18-23(20-39-22(2)25-14-13-24-9-5-6-10-26(24)19-25)12-15-28(29)31(34)33-30(32(35)36)16-17-40(3,37)38;1-3-4-2/h4,7-8,11-15,18-19,22,30H,5-6,9-10,16-17,20H2,1-3H3,(H,33,34)(H,35,36);3-4H2,1-2H3. The lowest BCUT2D eigenvalue weighted by atomic mass is 9.89. The molecule has 7 nitrogen and oxygen atoms in total. The van der Waals surface area contributed by atoms with E-state index in [0.29, 0.717) is 17.7 Å². The number of carboxylic acid groups (broad SMARTS) is 1. The van der Waals surface area contributed by atoms with Crippen LogP contribution in [-0.4, -0.2) is 43.5 Å². The molecular weight excluding hydrogens is 574 g/mol. The Kier molecular flexibility index (Phi) is 13.2. The molecule has 0 saturated heterocycles. The van der Waals surface area contributed by atoms with Crippen LogP contribution in [-0.2, 0) is 38.8 Å². The van der Waals surface area contributed by atoms with Crippen molar-refractivity contribution in [2.75, 3.05) is 12.0 Å². The van der Waals surface area contributed by atoms with E-state index in [4.69, 9.17) is 4.74 Å². The molecule has 1 aliphatic rings. The SMILES string of the molecule is CCCC.Cc1ccccc1-c1cc(COC(C)c2ccc3c(c2)CCCC3)ccc1C(=O)NC(CCS(C)(=O)=O)C(=O)O. The number of hydrogen-bond donors (Lipinski definition) is 2. The van der Waals surface area contributed by atoms with Crippen molar-refractivity contribution in [3.63, 3.8) is 0 Å². The maximum atomic E-state index is 13.3. The third-order valence-electron chi connectivity index (χ3n) is 7.99. The number of carboxylic acids is 1. The topological polar surface area (TPSA) is 110 Å². The van der Waals surface area contributed by atoms with E-state index in [-0.39, 0.29) is 18.3 Å². The normalized spacial score (nSPS) is 14.0. The first kappa shape index (κ1) is 35.0. The van der Waals surface area contributed by atoms with E-state index in [2.05, 4.69) is 37.4 Å². The van der Waals surface area contributed by atoms with Crippen molar-refractivity contribution in [2.24, 2.45) is 0 Å². The molecule has 0 aromatic heterocycles. The molecule has 238 valence electrons. The number of nitrogens with one attached hydrogen (secondary N) is 1. The first-order chi connectivity index (χ1) is 20.9. The van der Waals surface area contributed by atoms with Gasteiger partial charge in [0.2, 0.25) is 0 Å². The fourth-order valence-corrected chi connectivity index (χ4v) is 5.79. The first-order valence-corrected chi connectivity index (χ1v) is 17.6. The average molecular weight is 622 g/mol. The van der Waals surface area contributed by atoms with E-state index in [1.165, 1.54) is 36.8 Å². The monoisotopic (exact) mass is 621 g/mol. The second-order valence-corrected chi connectivity index (χ2v) is 13.9. The van der Waals surface area contributed by atoms with Gasteiger partial charge in [0, 0.05) is 11.8 Å². The predicted octanol–water partition coefficient (Wildman–Crippen LogP) is 7.24. The van der Waals surface area contributed by atoms with Gasteiger partial charge in [0.15, 0.2) is 0 Å². The van der Waals surface area contributed by atoms with E-state index in [1.54, 1.807) is 6.07 Å². The summed E-state index contributed by atoms with van der Waals surface area (Å²) in [5.41, 5.74) is 7.64. The molecule has 1 amide bonds. The van der Waals surface area contributed by atoms with Crippen LogP contribution in [0.1, 0.15) is 97.2 Å². The van der Waals surface area contributed by atoms with Gasteiger partial charge in [-0.2, -0.15) is 0 Å². The van der Waals surface area contributed by atoms with Gasteiger partial charge >= 0.3 is 5.97 Å². The van der Waals surface area contributed by atoms with Crippen LogP contribution in [0.25, 0.3) is 11.1 Å². The molecule has 8 heteroatoms. The largest absolute Gasteiger partial charge is 0.480 e. The van der Waals surface area contributed by atoms with Gasteiger partial charge in [-0.15, -0.1) is 0 Å². The summed E-state index contributed by atoms with van der Waals surface area (Å²) >= 11 is 0. The highest BCUT2D eigenvalue weighted by molar-refractivity contribution is 7.90. The van der Waals surface area contributed by atoms with Gasteiger partial charge < -0.3 is 15.2 Å². The molecule has 3 aromatic rings. The Morgan fingerprint density at radius 2 is 1.61 bits per heavy atom. The number of fused-ring (bicyclic) bond motifs is 1. The Bertz CT molecular complexity index is 1530. The minimum atomic E-state index is -3.38. The van der Waals surface area contributed by atoms with Crippen LogP contribution in [0.4, 0.5) is 0 Å². The van der Waals surface area contributed by atoms with Crippen LogP contribution in [0, 0.1) is 6.92 Å². The van der Waals surface area contributed by atoms with Crippen LogP contribution in [0.15, 0.2) is 60.7 Å². The Balaban J connectivity index is 0.00000124. The molecule has 0 fully saturated rings. The molecule has 2 unspecified atom stereocenters. The highest BCUT2D eigenvalue weighted by Gasteiger charge is 2.24. The van der Waals surface area contributed by atoms with Crippen LogP contribution in [0.3, 0.4) is 0 Å². The molecule has 1 aliphatic carbocycles. The van der Waals surface area contributed by atoms with Gasteiger partial charge in [-0.3, -0.25) is 4.79 Å². The molecule has 44 heavy (non-hydrogen) atoms. The summed E-state index contributed by atoms with van der Waals surface area (Å²) in [6.45, 7) is 8.69. The van der Waals surface area contributed by atoms with Gasteiger partial charge in [0.25, 0.3) is 5.91 Å². The first-order valence-electron chi connectivity index (χ1n) is 15.6. The quantitative estimate of drug-likeness (QED) is 0.221. The zero-order valence-corrected chi connectivity index (χ0v) is 27.5. The van der Waals surface area contributed by atoms with E-state index < -0.39 is 27.8 Å². The van der Waals surface area contributed by atoms with Gasteiger partial charge in [-0.1, -0.05) is 75.2 Å². The number of rotatable bonds is 12. The lowest BCUT2D eigenvalue weighted by molar-refractivity contribution is -0.139. The van der Waals surface area contributed by atoms with Crippen molar-refractivity contribution in [2.45, 2.75) is 91.4 Å². The number of carbonyl (C=O) groups is 2. The number of sulfone groups is 1. The second kappa shape index (κ2) is 16.5. The predicted molar refractivity (Wildman–Crippen MR) is 177 cm³/mol. The number of ether oxygens (including phenoxy) is 1. The maximum absolute atomic E-state index is 13.3. The zero-order chi connectivity index (χ0) is 32.3. The van der Waals surface area contributed by atoms with Crippen LogP contribution in [0.5, 0.6) is 0 Å². The molecule has 4 rings (SSSR count). The fourth-order valence-electron chi connectivity index (χ4n) is 5.13. The Morgan fingerprint density at radius 1 is 0.932 bits per heavy atom. The molecule has 0 spiro atoms. The van der Waals surface area contributed by atoms with E-state index in [1.807, 2.05) is 50.2 Å². The summed E-state index contributed by atoms with van der Waals surface area (Å²) < 4.78 is 29.4. The van der Waals surface area contributed by atoms with Gasteiger partial charge in [0.1, 0.15) is 15.9 Å². The summed E-state index contributed by atoms with van der Waals surface area (Å²) in [7, 11) is -3.38.